The first-order valence-electron chi connectivity index (χ1n) is 8.10. The van der Waals surface area contributed by atoms with Gasteiger partial charge in [-0.05, 0) is 36.4 Å². The van der Waals surface area contributed by atoms with Crippen molar-refractivity contribution in [3.63, 3.8) is 0 Å². The van der Waals surface area contributed by atoms with E-state index in [2.05, 4.69) is 17.2 Å². The Kier molecular flexibility index (Phi) is 8.10. The minimum atomic E-state index is -0.644. The molecule has 2 N–H and O–H groups in total. The van der Waals surface area contributed by atoms with Crippen LogP contribution in [-0.4, -0.2) is 25.2 Å². The van der Waals surface area contributed by atoms with Crippen molar-refractivity contribution < 1.29 is 23.5 Å². The summed E-state index contributed by atoms with van der Waals surface area (Å²) in [6, 6.07) is 10.2. The Morgan fingerprint density at radius 2 is 1.75 bits per heavy atom. The van der Waals surface area contributed by atoms with Gasteiger partial charge < -0.3 is 20.1 Å². The first-order chi connectivity index (χ1) is 13.3. The second-order valence-corrected chi connectivity index (χ2v) is 6.38. The molecule has 2 aromatic carbocycles. The number of amides is 2. The quantitative estimate of drug-likeness (QED) is 0.658. The van der Waals surface area contributed by atoms with Crippen molar-refractivity contribution in [3.8, 4) is 11.5 Å². The predicted molar refractivity (Wildman–Crippen MR) is 104 cm³/mol. The number of benzene rings is 2. The number of hydrogen-bond donors (Lipinski definition) is 2. The zero-order valence-corrected chi connectivity index (χ0v) is 16.1. The fraction of sp³-hybridized carbons (Fsp3) is 0.158. The van der Waals surface area contributed by atoms with Gasteiger partial charge in [-0.2, -0.15) is 0 Å². The van der Waals surface area contributed by atoms with Crippen LogP contribution in [0.3, 0.4) is 0 Å². The van der Waals surface area contributed by atoms with Crippen molar-refractivity contribution in [2.45, 2.75) is 6.42 Å². The van der Waals surface area contributed by atoms with Gasteiger partial charge >= 0.3 is 6.09 Å². The first kappa shape index (κ1) is 21.5. The van der Waals surface area contributed by atoms with E-state index in [1.54, 1.807) is 24.3 Å². The lowest BCUT2D eigenvalue weighted by atomic mass is 10.3. The van der Waals surface area contributed by atoms with Gasteiger partial charge in [0.25, 0.3) is 5.91 Å². The van der Waals surface area contributed by atoms with Crippen LogP contribution >= 0.6 is 23.2 Å². The second-order valence-electron chi connectivity index (χ2n) is 5.54. The molecule has 148 valence electrons. The molecule has 0 fully saturated rings. The average Bonchev–Trinajstić information content (AvgIpc) is 2.64. The summed E-state index contributed by atoms with van der Waals surface area (Å²) in [6.45, 7) is 3.57. The highest BCUT2D eigenvalue weighted by Crippen LogP contribution is 2.20. The van der Waals surface area contributed by atoms with Crippen LogP contribution in [0.15, 0.2) is 54.7 Å². The molecule has 0 aliphatic heterocycles. The Morgan fingerprint density at radius 3 is 2.43 bits per heavy atom. The maximum atomic E-state index is 13.3. The van der Waals surface area contributed by atoms with Crippen molar-refractivity contribution in [1.29, 1.82) is 0 Å². The van der Waals surface area contributed by atoms with Gasteiger partial charge in [0.05, 0.1) is 5.02 Å². The van der Waals surface area contributed by atoms with Crippen LogP contribution in [0.2, 0.25) is 10.0 Å². The van der Waals surface area contributed by atoms with E-state index in [1.165, 1.54) is 12.1 Å². The SMILES string of the molecule is C=C(CCNC(=O)Oc1ccc(Cl)cc1)NC(=O)COc1ccc(Cl)c(F)c1. The van der Waals surface area contributed by atoms with Crippen molar-refractivity contribution in [3.05, 3.63) is 70.6 Å². The van der Waals surface area contributed by atoms with E-state index in [1.807, 2.05) is 0 Å². The maximum absolute atomic E-state index is 13.3. The zero-order valence-electron chi connectivity index (χ0n) is 14.6. The monoisotopic (exact) mass is 426 g/mol. The Labute approximate surface area is 171 Å². The number of carbonyl (C=O) groups excluding carboxylic acids is 2. The van der Waals surface area contributed by atoms with E-state index >= 15 is 0 Å². The molecule has 0 unspecified atom stereocenters. The number of hydrogen-bond acceptors (Lipinski definition) is 4. The molecule has 0 aromatic heterocycles. The van der Waals surface area contributed by atoms with Gasteiger partial charge in [0.1, 0.15) is 17.3 Å². The summed E-state index contributed by atoms with van der Waals surface area (Å²) in [5, 5.41) is 5.55. The van der Waals surface area contributed by atoms with Crippen LogP contribution in [0, 0.1) is 5.82 Å². The van der Waals surface area contributed by atoms with Crippen molar-refractivity contribution >= 4 is 35.2 Å². The average molecular weight is 427 g/mol. The third-order valence-electron chi connectivity index (χ3n) is 3.30. The summed E-state index contributed by atoms with van der Waals surface area (Å²) in [7, 11) is 0. The van der Waals surface area contributed by atoms with Gasteiger partial charge in [0.2, 0.25) is 0 Å². The Morgan fingerprint density at radius 1 is 1.07 bits per heavy atom. The molecule has 0 bridgehead atoms. The number of ether oxygens (including phenoxy) is 2. The van der Waals surface area contributed by atoms with Gasteiger partial charge in [-0.15, -0.1) is 0 Å². The highest BCUT2D eigenvalue weighted by Gasteiger charge is 2.08. The van der Waals surface area contributed by atoms with E-state index in [4.69, 9.17) is 32.7 Å². The van der Waals surface area contributed by atoms with Gasteiger partial charge in [-0.3, -0.25) is 4.79 Å². The lowest BCUT2D eigenvalue weighted by molar-refractivity contribution is -0.122. The highest BCUT2D eigenvalue weighted by molar-refractivity contribution is 6.31. The minimum Gasteiger partial charge on any atom is -0.484 e. The smallest absolute Gasteiger partial charge is 0.412 e. The van der Waals surface area contributed by atoms with E-state index in [-0.39, 0.29) is 30.3 Å². The molecule has 28 heavy (non-hydrogen) atoms. The predicted octanol–water partition coefficient (Wildman–Crippen LogP) is 4.32. The molecule has 2 amide bonds. The zero-order chi connectivity index (χ0) is 20.5. The van der Waals surface area contributed by atoms with Gasteiger partial charge in [-0.1, -0.05) is 29.8 Å². The molecule has 2 rings (SSSR count). The largest absolute Gasteiger partial charge is 0.484 e. The normalized spacial score (nSPS) is 10.1. The molecule has 0 spiro atoms. The molecular weight excluding hydrogens is 410 g/mol. The molecule has 0 aliphatic carbocycles. The van der Waals surface area contributed by atoms with Crippen LogP contribution < -0.4 is 20.1 Å². The van der Waals surface area contributed by atoms with Crippen molar-refractivity contribution in [1.82, 2.24) is 10.6 Å². The summed E-state index contributed by atoms with van der Waals surface area (Å²) in [6.07, 6.45) is -0.355. The molecule has 0 atom stereocenters. The minimum absolute atomic E-state index is 0.0349. The topological polar surface area (TPSA) is 76.7 Å². The van der Waals surface area contributed by atoms with Crippen molar-refractivity contribution in [2.24, 2.45) is 0 Å². The Hall–Kier alpha value is -2.77. The van der Waals surface area contributed by atoms with Crippen molar-refractivity contribution in [2.75, 3.05) is 13.2 Å². The Bertz CT molecular complexity index is 860. The summed E-state index contributed by atoms with van der Waals surface area (Å²) in [5.41, 5.74) is 0.377. The molecule has 0 radical (unpaired) electrons. The van der Waals surface area contributed by atoms with E-state index in [9.17, 15) is 14.0 Å². The Balaban J connectivity index is 1.64. The number of nitrogens with one attached hydrogen (secondary N) is 2. The fourth-order valence-electron chi connectivity index (χ4n) is 1.97. The van der Waals surface area contributed by atoms with Crippen LogP contribution in [0.25, 0.3) is 0 Å². The lowest BCUT2D eigenvalue weighted by Crippen LogP contribution is -2.32. The molecule has 0 saturated carbocycles. The number of carbonyl (C=O) groups is 2. The third-order valence-corrected chi connectivity index (χ3v) is 3.86. The lowest BCUT2D eigenvalue weighted by Gasteiger charge is -2.11. The fourth-order valence-corrected chi connectivity index (χ4v) is 2.22. The van der Waals surface area contributed by atoms with Gasteiger partial charge in [0.15, 0.2) is 6.61 Å². The van der Waals surface area contributed by atoms with E-state index in [0.717, 1.165) is 6.07 Å². The molecular formula is C19H17Cl2FN2O4. The van der Waals surface area contributed by atoms with Crippen LogP contribution in [0.1, 0.15) is 6.42 Å². The molecule has 0 aliphatic rings. The molecule has 0 saturated heterocycles. The summed E-state index contributed by atoms with van der Waals surface area (Å²) >= 11 is 11.3. The first-order valence-corrected chi connectivity index (χ1v) is 8.86. The molecule has 2 aromatic rings. The van der Waals surface area contributed by atoms with Crippen LogP contribution in [0.4, 0.5) is 9.18 Å². The molecule has 6 nitrogen and oxygen atoms in total. The van der Waals surface area contributed by atoms with E-state index < -0.39 is 17.8 Å². The molecule has 0 heterocycles. The van der Waals surface area contributed by atoms with Crippen LogP contribution in [-0.2, 0) is 4.79 Å². The molecule has 9 heteroatoms. The van der Waals surface area contributed by atoms with Gasteiger partial charge in [-0.25, -0.2) is 9.18 Å². The second kappa shape index (κ2) is 10.5. The summed E-state index contributed by atoms with van der Waals surface area (Å²) in [5.74, 6) is -0.580. The summed E-state index contributed by atoms with van der Waals surface area (Å²) < 4.78 is 23.5. The third kappa shape index (κ3) is 7.46. The summed E-state index contributed by atoms with van der Waals surface area (Å²) in [4.78, 5) is 23.5. The highest BCUT2D eigenvalue weighted by atomic mass is 35.5. The number of rotatable bonds is 8. The standard InChI is InChI=1S/C19H17Cl2FN2O4/c1-12(8-9-23-19(26)28-14-4-2-13(20)3-5-14)24-18(25)11-27-15-6-7-16(21)17(22)10-15/h2-7,10H,1,8-9,11H2,(H,23,26)(H,24,25). The maximum Gasteiger partial charge on any atom is 0.412 e. The van der Waals surface area contributed by atoms with E-state index in [0.29, 0.717) is 16.5 Å². The number of halogens is 3. The van der Waals surface area contributed by atoms with Crippen LogP contribution in [0.5, 0.6) is 11.5 Å². The van der Waals surface area contributed by atoms with Gasteiger partial charge in [0, 0.05) is 29.8 Å².